The number of nitrogens with zero attached hydrogens (tertiary/aromatic N) is 2. The number of hydrogen-bond donors (Lipinski definition) is 0. The van der Waals surface area contributed by atoms with Gasteiger partial charge < -0.3 is 9.64 Å². The first-order valence-electron chi connectivity index (χ1n) is 8.00. The molecule has 1 fully saturated rings. The maximum Gasteiger partial charge on any atom is 0.227 e. The lowest BCUT2D eigenvalue weighted by molar-refractivity contribution is -0.143. The number of pyridine rings is 1. The molecule has 0 radical (unpaired) electrons. The Morgan fingerprint density at radius 3 is 2.83 bits per heavy atom. The van der Waals surface area contributed by atoms with Crippen molar-refractivity contribution >= 4 is 5.91 Å². The van der Waals surface area contributed by atoms with E-state index in [0.29, 0.717) is 19.6 Å². The second-order valence-electron chi connectivity index (χ2n) is 6.11. The van der Waals surface area contributed by atoms with E-state index in [-0.39, 0.29) is 18.1 Å². The number of carbonyl (C=O) groups is 1. The molecular formula is C19H22N2O2. The molecule has 1 amide bonds. The molecule has 4 nitrogen and oxygen atoms in total. The van der Waals surface area contributed by atoms with E-state index in [2.05, 4.69) is 17.1 Å². The zero-order valence-electron chi connectivity index (χ0n) is 13.6. The van der Waals surface area contributed by atoms with Gasteiger partial charge in [0.25, 0.3) is 0 Å². The van der Waals surface area contributed by atoms with Crippen LogP contribution in [0.4, 0.5) is 0 Å². The van der Waals surface area contributed by atoms with E-state index in [0.717, 1.165) is 16.7 Å². The first kappa shape index (κ1) is 15.7. The highest BCUT2D eigenvalue weighted by Crippen LogP contribution is 2.25. The van der Waals surface area contributed by atoms with E-state index in [1.807, 2.05) is 43.0 Å². The minimum Gasteiger partial charge on any atom is -0.370 e. The van der Waals surface area contributed by atoms with Crippen molar-refractivity contribution in [2.75, 3.05) is 13.2 Å². The fourth-order valence-corrected chi connectivity index (χ4v) is 2.94. The van der Waals surface area contributed by atoms with Crippen LogP contribution in [0.25, 0.3) is 0 Å². The molecule has 0 saturated carbocycles. The Bertz CT molecular complexity index is 672. The number of aryl methyl sites for hydroxylation is 1. The quantitative estimate of drug-likeness (QED) is 0.875. The molecule has 4 heteroatoms. The highest BCUT2D eigenvalue weighted by Gasteiger charge is 2.30. The zero-order chi connectivity index (χ0) is 16.2. The molecule has 1 aromatic heterocycles. The molecule has 120 valence electrons. The molecule has 2 unspecified atom stereocenters. The number of hydrogen-bond acceptors (Lipinski definition) is 3. The minimum absolute atomic E-state index is 0.0464. The fraction of sp³-hybridized carbons (Fsp3) is 0.368. The summed E-state index contributed by atoms with van der Waals surface area (Å²) in [5.41, 5.74) is 3.22. The monoisotopic (exact) mass is 310 g/mol. The van der Waals surface area contributed by atoms with Crippen LogP contribution in [-0.4, -0.2) is 35.0 Å². The van der Waals surface area contributed by atoms with Crippen LogP contribution in [0, 0.1) is 6.92 Å². The Morgan fingerprint density at radius 1 is 1.30 bits per heavy atom. The maximum atomic E-state index is 12.8. The molecule has 0 N–H and O–H groups in total. The first-order valence-corrected chi connectivity index (χ1v) is 8.00. The van der Waals surface area contributed by atoms with Crippen LogP contribution in [0.5, 0.6) is 0 Å². The molecular weight excluding hydrogens is 288 g/mol. The van der Waals surface area contributed by atoms with E-state index in [1.165, 1.54) is 0 Å². The van der Waals surface area contributed by atoms with Crippen molar-refractivity contribution < 1.29 is 9.53 Å². The van der Waals surface area contributed by atoms with Gasteiger partial charge in [-0.1, -0.05) is 30.3 Å². The van der Waals surface area contributed by atoms with Crippen molar-refractivity contribution in [1.29, 1.82) is 0 Å². The third-order valence-corrected chi connectivity index (χ3v) is 4.40. The Morgan fingerprint density at radius 2 is 2.09 bits per heavy atom. The van der Waals surface area contributed by atoms with Gasteiger partial charge in [-0.2, -0.15) is 0 Å². The molecule has 2 atom stereocenters. The topological polar surface area (TPSA) is 42.4 Å². The van der Waals surface area contributed by atoms with Crippen LogP contribution in [0.2, 0.25) is 0 Å². The van der Waals surface area contributed by atoms with Gasteiger partial charge in [0, 0.05) is 12.4 Å². The number of carbonyl (C=O) groups excluding carboxylic acids is 1. The van der Waals surface area contributed by atoms with Crippen molar-refractivity contribution in [2.24, 2.45) is 0 Å². The molecule has 2 aromatic rings. The van der Waals surface area contributed by atoms with E-state index in [1.54, 1.807) is 12.4 Å². The summed E-state index contributed by atoms with van der Waals surface area (Å²) in [4.78, 5) is 18.8. The van der Waals surface area contributed by atoms with Crippen molar-refractivity contribution in [3.05, 3.63) is 65.5 Å². The number of aromatic nitrogens is 1. The second-order valence-corrected chi connectivity index (χ2v) is 6.11. The SMILES string of the molecule is Cc1cnccc1CC(=O)N1CC(c2ccccc2)OCC1C. The molecule has 0 spiro atoms. The molecule has 3 rings (SSSR count). The van der Waals surface area contributed by atoms with Gasteiger partial charge in [0.1, 0.15) is 6.10 Å². The molecule has 1 saturated heterocycles. The highest BCUT2D eigenvalue weighted by molar-refractivity contribution is 5.79. The molecule has 23 heavy (non-hydrogen) atoms. The Hall–Kier alpha value is -2.20. The molecule has 1 aliphatic heterocycles. The number of rotatable bonds is 3. The van der Waals surface area contributed by atoms with Crippen LogP contribution in [0.3, 0.4) is 0 Å². The van der Waals surface area contributed by atoms with Gasteiger partial charge in [-0.3, -0.25) is 9.78 Å². The number of amides is 1. The predicted octanol–water partition coefficient (Wildman–Crippen LogP) is 2.92. The molecule has 0 bridgehead atoms. The van der Waals surface area contributed by atoms with Crippen molar-refractivity contribution in [1.82, 2.24) is 9.88 Å². The lowest BCUT2D eigenvalue weighted by Crippen LogP contribution is -2.48. The summed E-state index contributed by atoms with van der Waals surface area (Å²) in [7, 11) is 0. The third-order valence-electron chi connectivity index (χ3n) is 4.40. The summed E-state index contributed by atoms with van der Waals surface area (Å²) in [6.45, 7) is 5.21. The van der Waals surface area contributed by atoms with Gasteiger partial charge in [-0.15, -0.1) is 0 Å². The van der Waals surface area contributed by atoms with Crippen molar-refractivity contribution in [2.45, 2.75) is 32.4 Å². The van der Waals surface area contributed by atoms with E-state index < -0.39 is 0 Å². The lowest BCUT2D eigenvalue weighted by atomic mass is 10.0. The van der Waals surface area contributed by atoms with Gasteiger partial charge in [0.2, 0.25) is 5.91 Å². The van der Waals surface area contributed by atoms with Crippen LogP contribution in [-0.2, 0) is 16.0 Å². The van der Waals surface area contributed by atoms with Gasteiger partial charge in [0.15, 0.2) is 0 Å². The van der Waals surface area contributed by atoms with Crippen molar-refractivity contribution in [3.8, 4) is 0 Å². The number of morpholine rings is 1. The second kappa shape index (κ2) is 6.92. The Kier molecular flexibility index (Phi) is 4.72. The maximum absolute atomic E-state index is 12.8. The van der Waals surface area contributed by atoms with Crippen molar-refractivity contribution in [3.63, 3.8) is 0 Å². The zero-order valence-corrected chi connectivity index (χ0v) is 13.6. The van der Waals surface area contributed by atoms with E-state index in [4.69, 9.17) is 4.74 Å². The summed E-state index contributed by atoms with van der Waals surface area (Å²) in [6.07, 6.45) is 3.92. The van der Waals surface area contributed by atoms with Crippen LogP contribution >= 0.6 is 0 Å². The molecule has 1 aromatic carbocycles. The van der Waals surface area contributed by atoms with Gasteiger partial charge in [-0.25, -0.2) is 0 Å². The summed E-state index contributed by atoms with van der Waals surface area (Å²) >= 11 is 0. The summed E-state index contributed by atoms with van der Waals surface area (Å²) in [5, 5.41) is 0. The number of benzene rings is 1. The van der Waals surface area contributed by atoms with E-state index >= 15 is 0 Å². The Labute approximate surface area is 137 Å². The van der Waals surface area contributed by atoms with Crippen LogP contribution < -0.4 is 0 Å². The highest BCUT2D eigenvalue weighted by atomic mass is 16.5. The number of ether oxygens (including phenoxy) is 1. The summed E-state index contributed by atoms with van der Waals surface area (Å²) in [5.74, 6) is 0.149. The molecule has 1 aliphatic rings. The van der Waals surface area contributed by atoms with Crippen LogP contribution in [0.15, 0.2) is 48.8 Å². The average molecular weight is 310 g/mol. The summed E-state index contributed by atoms with van der Waals surface area (Å²) < 4.78 is 5.93. The molecule has 2 heterocycles. The smallest absolute Gasteiger partial charge is 0.227 e. The molecule has 0 aliphatic carbocycles. The van der Waals surface area contributed by atoms with Gasteiger partial charge in [0.05, 0.1) is 25.6 Å². The Balaban J connectivity index is 1.72. The van der Waals surface area contributed by atoms with E-state index in [9.17, 15) is 4.79 Å². The normalized spacial score (nSPS) is 21.2. The average Bonchev–Trinajstić information content (AvgIpc) is 2.58. The third kappa shape index (κ3) is 3.59. The van der Waals surface area contributed by atoms with Crippen LogP contribution in [0.1, 0.15) is 29.7 Å². The van der Waals surface area contributed by atoms with Gasteiger partial charge in [-0.05, 0) is 36.6 Å². The standard InChI is InChI=1S/C19H22N2O2/c1-14-11-20-9-8-17(14)10-19(22)21-12-18(23-13-15(21)2)16-6-4-3-5-7-16/h3-9,11,15,18H,10,12-13H2,1-2H3. The fourth-order valence-electron chi connectivity index (χ4n) is 2.94. The lowest BCUT2D eigenvalue weighted by Gasteiger charge is -2.38. The first-order chi connectivity index (χ1) is 11.1. The largest absolute Gasteiger partial charge is 0.370 e. The van der Waals surface area contributed by atoms with Gasteiger partial charge >= 0.3 is 0 Å². The predicted molar refractivity (Wildman–Crippen MR) is 89.0 cm³/mol. The summed E-state index contributed by atoms with van der Waals surface area (Å²) in [6, 6.07) is 12.1. The minimum atomic E-state index is -0.0464.